The highest BCUT2D eigenvalue weighted by Crippen LogP contribution is 2.62. The molecule has 2 aliphatic rings. The molecule has 1 saturated heterocycles. The van der Waals surface area contributed by atoms with Gasteiger partial charge < -0.3 is 0 Å². The topological polar surface area (TPSA) is 57.7 Å². The van der Waals surface area contributed by atoms with Crippen LogP contribution in [0.3, 0.4) is 0 Å². The van der Waals surface area contributed by atoms with Crippen molar-refractivity contribution in [3.05, 3.63) is 0 Å². The zero-order valence-corrected chi connectivity index (χ0v) is 11.8. The van der Waals surface area contributed by atoms with Gasteiger partial charge in [-0.2, -0.15) is 0 Å². The minimum Gasteiger partial charge on any atom is -0.275 e. The van der Waals surface area contributed by atoms with Crippen molar-refractivity contribution in [1.29, 1.82) is 0 Å². The third-order valence-corrected chi connectivity index (χ3v) is 5.09. The van der Waals surface area contributed by atoms with E-state index in [0.29, 0.717) is 0 Å². The van der Waals surface area contributed by atoms with E-state index in [4.69, 9.17) is 0 Å². The molecule has 5 heteroatoms. The van der Waals surface area contributed by atoms with Gasteiger partial charge in [0, 0.05) is 13.8 Å². The smallest absolute Gasteiger partial charge is 0.275 e. The number of imide groups is 2. The van der Waals surface area contributed by atoms with Crippen LogP contribution < -0.4 is 0 Å². The van der Waals surface area contributed by atoms with Crippen molar-refractivity contribution in [2.75, 3.05) is 0 Å². The van der Waals surface area contributed by atoms with Crippen LogP contribution in [0, 0.1) is 10.8 Å². The first-order chi connectivity index (χ1) is 8.05. The van der Waals surface area contributed by atoms with Crippen LogP contribution in [0.15, 0.2) is 0 Å². The molecule has 0 bridgehead atoms. The predicted molar refractivity (Wildman–Crippen MR) is 65.6 cm³/mol. The SMILES string of the molecule is CC(=O)N1C(=O)N(C(C)=O)C2C1C(C)(C)C2(C)C. The molecule has 4 amide bonds. The fourth-order valence-corrected chi connectivity index (χ4v) is 3.40. The van der Waals surface area contributed by atoms with Crippen LogP contribution in [0.2, 0.25) is 0 Å². The van der Waals surface area contributed by atoms with Crippen molar-refractivity contribution < 1.29 is 14.4 Å². The van der Waals surface area contributed by atoms with Gasteiger partial charge in [-0.05, 0) is 10.8 Å². The van der Waals surface area contributed by atoms with E-state index in [1.165, 1.54) is 23.6 Å². The minimum atomic E-state index is -0.469. The summed E-state index contributed by atoms with van der Waals surface area (Å²) in [5.41, 5.74) is -0.383. The highest BCUT2D eigenvalue weighted by Gasteiger charge is 2.72. The Morgan fingerprint density at radius 2 is 1.17 bits per heavy atom. The van der Waals surface area contributed by atoms with E-state index in [-0.39, 0.29) is 34.7 Å². The highest BCUT2D eigenvalue weighted by atomic mass is 16.2. The van der Waals surface area contributed by atoms with Gasteiger partial charge in [0.1, 0.15) is 0 Å². The fourth-order valence-electron chi connectivity index (χ4n) is 3.40. The van der Waals surface area contributed by atoms with Crippen molar-refractivity contribution in [3.8, 4) is 0 Å². The van der Waals surface area contributed by atoms with Crippen molar-refractivity contribution in [2.24, 2.45) is 10.8 Å². The Balaban J connectivity index is 2.52. The minimum absolute atomic E-state index is 0.191. The van der Waals surface area contributed by atoms with Gasteiger partial charge in [-0.15, -0.1) is 0 Å². The lowest BCUT2D eigenvalue weighted by Gasteiger charge is -2.63. The molecule has 1 aliphatic carbocycles. The number of hydrogen-bond donors (Lipinski definition) is 0. The molecule has 0 radical (unpaired) electrons. The molecule has 100 valence electrons. The van der Waals surface area contributed by atoms with Gasteiger partial charge in [0.05, 0.1) is 12.1 Å². The second-order valence-electron chi connectivity index (χ2n) is 6.39. The first-order valence-corrected chi connectivity index (χ1v) is 6.18. The van der Waals surface area contributed by atoms with Crippen molar-refractivity contribution in [2.45, 2.75) is 53.6 Å². The van der Waals surface area contributed by atoms with Gasteiger partial charge >= 0.3 is 6.03 Å². The summed E-state index contributed by atoms with van der Waals surface area (Å²) in [6.07, 6.45) is 0. The standard InChI is InChI=1S/C13H20N2O3/c1-7(16)14-9-10(13(5,6)12(9,3)4)15(8(2)17)11(14)18/h9-10H,1-6H3. The lowest BCUT2D eigenvalue weighted by Crippen LogP contribution is -2.72. The third kappa shape index (κ3) is 1.19. The van der Waals surface area contributed by atoms with Crippen LogP contribution in [0.25, 0.3) is 0 Å². The molecule has 1 aliphatic heterocycles. The van der Waals surface area contributed by atoms with Gasteiger partial charge in [0.2, 0.25) is 11.8 Å². The molecule has 0 spiro atoms. The van der Waals surface area contributed by atoms with Crippen LogP contribution in [-0.4, -0.2) is 39.7 Å². The van der Waals surface area contributed by atoms with E-state index in [2.05, 4.69) is 0 Å². The Kier molecular flexibility index (Phi) is 2.42. The zero-order valence-electron chi connectivity index (χ0n) is 11.8. The molecule has 18 heavy (non-hydrogen) atoms. The zero-order chi connectivity index (χ0) is 14.0. The highest BCUT2D eigenvalue weighted by molar-refractivity contribution is 6.04. The van der Waals surface area contributed by atoms with Crippen LogP contribution in [0.4, 0.5) is 4.79 Å². The van der Waals surface area contributed by atoms with Crippen molar-refractivity contribution >= 4 is 17.8 Å². The molecule has 2 fully saturated rings. The number of fused-ring (bicyclic) bond motifs is 1. The maximum Gasteiger partial charge on any atom is 0.334 e. The molecule has 2 unspecified atom stereocenters. The van der Waals surface area contributed by atoms with E-state index in [0.717, 1.165) is 0 Å². The number of hydrogen-bond acceptors (Lipinski definition) is 3. The molecule has 5 nitrogen and oxygen atoms in total. The summed E-state index contributed by atoms with van der Waals surface area (Å²) in [5.74, 6) is -0.579. The number of rotatable bonds is 0. The predicted octanol–water partition coefficient (Wildman–Crippen LogP) is 1.62. The van der Waals surface area contributed by atoms with Gasteiger partial charge in [0.15, 0.2) is 0 Å². The summed E-state index contributed by atoms with van der Waals surface area (Å²) >= 11 is 0. The molecule has 0 N–H and O–H groups in total. The molecule has 1 saturated carbocycles. The number of carbonyl (C=O) groups is 3. The Morgan fingerprint density at radius 3 is 1.39 bits per heavy atom. The number of carbonyl (C=O) groups excluding carboxylic acids is 3. The Bertz CT molecular complexity index is 413. The van der Waals surface area contributed by atoms with E-state index < -0.39 is 6.03 Å². The third-order valence-electron chi connectivity index (χ3n) is 5.09. The number of amides is 4. The molecule has 0 aromatic carbocycles. The van der Waals surface area contributed by atoms with Crippen LogP contribution in [0.5, 0.6) is 0 Å². The van der Waals surface area contributed by atoms with Gasteiger partial charge in [-0.3, -0.25) is 19.4 Å². The van der Waals surface area contributed by atoms with Crippen LogP contribution in [-0.2, 0) is 9.59 Å². The largest absolute Gasteiger partial charge is 0.334 e. The molecular formula is C13H20N2O3. The first-order valence-electron chi connectivity index (χ1n) is 6.18. The summed E-state index contributed by atoms with van der Waals surface area (Å²) in [4.78, 5) is 38.1. The number of urea groups is 1. The fraction of sp³-hybridized carbons (Fsp3) is 0.769. The van der Waals surface area contributed by atoms with E-state index in [1.807, 2.05) is 27.7 Å². The van der Waals surface area contributed by atoms with Crippen molar-refractivity contribution in [1.82, 2.24) is 9.80 Å². The van der Waals surface area contributed by atoms with Crippen LogP contribution in [0.1, 0.15) is 41.5 Å². The molecular weight excluding hydrogens is 232 g/mol. The summed E-state index contributed by atoms with van der Waals surface area (Å²) in [6.45, 7) is 10.9. The summed E-state index contributed by atoms with van der Waals surface area (Å²) in [5, 5.41) is 0. The monoisotopic (exact) mass is 252 g/mol. The lowest BCUT2D eigenvalue weighted by molar-refractivity contribution is -0.161. The average molecular weight is 252 g/mol. The quantitative estimate of drug-likeness (QED) is 0.658. The second-order valence-corrected chi connectivity index (χ2v) is 6.39. The molecule has 0 aromatic heterocycles. The van der Waals surface area contributed by atoms with E-state index >= 15 is 0 Å². The summed E-state index contributed by atoms with van der Waals surface area (Å²) in [7, 11) is 0. The van der Waals surface area contributed by atoms with Gasteiger partial charge in [0.25, 0.3) is 0 Å². The summed E-state index contributed by atoms with van der Waals surface area (Å²) in [6, 6.07) is -0.883. The maximum atomic E-state index is 12.2. The Morgan fingerprint density at radius 1 is 0.889 bits per heavy atom. The summed E-state index contributed by atoms with van der Waals surface area (Å²) < 4.78 is 0. The Labute approximate surface area is 107 Å². The maximum absolute atomic E-state index is 12.2. The lowest BCUT2D eigenvalue weighted by atomic mass is 9.46. The van der Waals surface area contributed by atoms with E-state index in [9.17, 15) is 14.4 Å². The van der Waals surface area contributed by atoms with Crippen LogP contribution >= 0.6 is 0 Å². The van der Waals surface area contributed by atoms with E-state index in [1.54, 1.807) is 0 Å². The number of nitrogens with zero attached hydrogens (tertiary/aromatic N) is 2. The normalized spacial score (nSPS) is 32.0. The molecule has 2 rings (SSSR count). The van der Waals surface area contributed by atoms with Gasteiger partial charge in [-0.25, -0.2) is 4.79 Å². The molecule has 0 aromatic rings. The Hall–Kier alpha value is -1.39. The first kappa shape index (κ1) is 13.1. The molecule has 2 atom stereocenters. The molecule has 1 heterocycles. The second kappa shape index (κ2) is 3.33. The average Bonchev–Trinajstić information content (AvgIpc) is 2.51. The van der Waals surface area contributed by atoms with Crippen molar-refractivity contribution in [3.63, 3.8) is 0 Å². The van der Waals surface area contributed by atoms with Gasteiger partial charge in [-0.1, -0.05) is 27.7 Å².